The molecule has 1 N–H and O–H groups in total. The summed E-state index contributed by atoms with van der Waals surface area (Å²) >= 11 is 0. The van der Waals surface area contributed by atoms with Crippen molar-refractivity contribution in [2.45, 2.75) is 19.4 Å². The van der Waals surface area contributed by atoms with Crippen molar-refractivity contribution in [3.05, 3.63) is 65.0 Å². The van der Waals surface area contributed by atoms with Crippen LogP contribution in [0, 0.1) is 12.7 Å². The second-order valence-electron chi connectivity index (χ2n) is 4.76. The summed E-state index contributed by atoms with van der Waals surface area (Å²) in [7, 11) is 1.59. The third-order valence-electron chi connectivity index (χ3n) is 3.38. The van der Waals surface area contributed by atoms with Crippen molar-refractivity contribution in [2.24, 2.45) is 0 Å². The van der Waals surface area contributed by atoms with Gasteiger partial charge in [0.1, 0.15) is 17.2 Å². The van der Waals surface area contributed by atoms with E-state index in [9.17, 15) is 9.50 Å². The lowest BCUT2D eigenvalue weighted by molar-refractivity contribution is 0.101. The van der Waals surface area contributed by atoms with Crippen LogP contribution in [0.1, 0.15) is 23.6 Å². The Morgan fingerprint density at radius 1 is 1.11 bits per heavy atom. The SMILES string of the molecule is COc1ccc(C(C)(O)c2cc(F)ccc2C)cc1. The zero-order chi connectivity index (χ0) is 14.0. The second kappa shape index (κ2) is 5.02. The van der Waals surface area contributed by atoms with E-state index in [2.05, 4.69) is 0 Å². The molecule has 1 atom stereocenters. The number of aliphatic hydroxyl groups is 1. The number of hydrogen-bond acceptors (Lipinski definition) is 2. The number of hydrogen-bond donors (Lipinski definition) is 1. The largest absolute Gasteiger partial charge is 0.497 e. The zero-order valence-corrected chi connectivity index (χ0v) is 11.3. The van der Waals surface area contributed by atoms with Gasteiger partial charge in [-0.2, -0.15) is 0 Å². The summed E-state index contributed by atoms with van der Waals surface area (Å²) in [6.07, 6.45) is 0. The fourth-order valence-electron chi connectivity index (χ4n) is 2.19. The summed E-state index contributed by atoms with van der Waals surface area (Å²) in [5.41, 5.74) is 0.875. The van der Waals surface area contributed by atoms with Crippen LogP contribution in [0.2, 0.25) is 0 Å². The molecule has 2 rings (SSSR count). The Balaban J connectivity index is 2.48. The fraction of sp³-hybridized carbons (Fsp3) is 0.250. The first-order chi connectivity index (χ1) is 8.95. The Labute approximate surface area is 112 Å². The van der Waals surface area contributed by atoms with Crippen LogP contribution in [0.5, 0.6) is 5.75 Å². The van der Waals surface area contributed by atoms with Crippen molar-refractivity contribution in [3.8, 4) is 5.75 Å². The van der Waals surface area contributed by atoms with Crippen LogP contribution in [0.4, 0.5) is 4.39 Å². The molecule has 100 valence electrons. The van der Waals surface area contributed by atoms with E-state index in [0.29, 0.717) is 11.1 Å². The minimum Gasteiger partial charge on any atom is -0.497 e. The van der Waals surface area contributed by atoms with E-state index < -0.39 is 5.60 Å². The topological polar surface area (TPSA) is 29.5 Å². The van der Waals surface area contributed by atoms with Crippen LogP contribution < -0.4 is 4.74 Å². The van der Waals surface area contributed by atoms with Crippen LogP contribution >= 0.6 is 0 Å². The van der Waals surface area contributed by atoms with Gasteiger partial charge in [0.05, 0.1) is 7.11 Å². The molecule has 19 heavy (non-hydrogen) atoms. The molecule has 0 saturated carbocycles. The summed E-state index contributed by atoms with van der Waals surface area (Å²) in [6, 6.07) is 11.5. The van der Waals surface area contributed by atoms with Gasteiger partial charge in [-0.15, -0.1) is 0 Å². The predicted molar refractivity (Wildman–Crippen MR) is 72.8 cm³/mol. The summed E-state index contributed by atoms with van der Waals surface area (Å²) in [6.45, 7) is 3.52. The molecule has 0 radical (unpaired) electrons. The Morgan fingerprint density at radius 2 is 1.74 bits per heavy atom. The maximum atomic E-state index is 13.4. The van der Waals surface area contributed by atoms with Crippen LogP contribution in [-0.4, -0.2) is 12.2 Å². The lowest BCUT2D eigenvalue weighted by Gasteiger charge is -2.26. The Morgan fingerprint density at radius 3 is 2.32 bits per heavy atom. The molecule has 3 heteroatoms. The number of rotatable bonds is 3. The highest BCUT2D eigenvalue weighted by Crippen LogP contribution is 2.32. The van der Waals surface area contributed by atoms with Crippen molar-refractivity contribution < 1.29 is 14.2 Å². The average molecular weight is 260 g/mol. The van der Waals surface area contributed by atoms with Crippen LogP contribution in [0.15, 0.2) is 42.5 Å². The third-order valence-corrected chi connectivity index (χ3v) is 3.38. The quantitative estimate of drug-likeness (QED) is 0.916. The van der Waals surface area contributed by atoms with Gasteiger partial charge in [0, 0.05) is 0 Å². The smallest absolute Gasteiger partial charge is 0.123 e. The molecule has 0 fully saturated rings. The minimum absolute atomic E-state index is 0.352. The lowest BCUT2D eigenvalue weighted by atomic mass is 9.85. The molecule has 0 aliphatic carbocycles. The molecular formula is C16H17FO2. The molecular weight excluding hydrogens is 243 g/mol. The maximum absolute atomic E-state index is 13.4. The van der Waals surface area contributed by atoms with E-state index in [1.807, 2.05) is 6.92 Å². The molecule has 0 saturated heterocycles. The Kier molecular flexibility index (Phi) is 3.58. The molecule has 1 unspecified atom stereocenters. The molecule has 2 nitrogen and oxygen atoms in total. The number of ether oxygens (including phenoxy) is 1. The van der Waals surface area contributed by atoms with Crippen molar-refractivity contribution in [1.82, 2.24) is 0 Å². The van der Waals surface area contributed by atoms with Crippen molar-refractivity contribution in [3.63, 3.8) is 0 Å². The molecule has 0 spiro atoms. The van der Waals surface area contributed by atoms with Gasteiger partial charge in [0.2, 0.25) is 0 Å². The zero-order valence-electron chi connectivity index (χ0n) is 11.3. The van der Waals surface area contributed by atoms with Gasteiger partial charge >= 0.3 is 0 Å². The minimum atomic E-state index is -1.24. The van der Waals surface area contributed by atoms with Crippen molar-refractivity contribution in [2.75, 3.05) is 7.11 Å². The monoisotopic (exact) mass is 260 g/mol. The van der Waals surface area contributed by atoms with Gasteiger partial charge in [0.25, 0.3) is 0 Å². The van der Waals surface area contributed by atoms with E-state index in [-0.39, 0.29) is 5.82 Å². The third kappa shape index (κ3) is 2.61. The summed E-state index contributed by atoms with van der Waals surface area (Å²) in [5.74, 6) is 0.366. The highest BCUT2D eigenvalue weighted by molar-refractivity contribution is 5.41. The van der Waals surface area contributed by atoms with Crippen LogP contribution in [0.3, 0.4) is 0 Å². The molecule has 2 aromatic carbocycles. The van der Waals surface area contributed by atoms with Crippen LogP contribution in [-0.2, 0) is 5.60 Å². The van der Waals surface area contributed by atoms with Gasteiger partial charge in [0.15, 0.2) is 0 Å². The fourth-order valence-corrected chi connectivity index (χ4v) is 2.19. The number of halogens is 1. The van der Waals surface area contributed by atoms with Gasteiger partial charge in [-0.1, -0.05) is 18.2 Å². The van der Waals surface area contributed by atoms with Crippen molar-refractivity contribution in [1.29, 1.82) is 0 Å². The maximum Gasteiger partial charge on any atom is 0.123 e. The predicted octanol–water partition coefficient (Wildman–Crippen LogP) is 3.40. The number of methoxy groups -OCH3 is 1. The van der Waals surface area contributed by atoms with Gasteiger partial charge in [-0.3, -0.25) is 0 Å². The van der Waals surface area contributed by atoms with Gasteiger partial charge < -0.3 is 9.84 Å². The summed E-state index contributed by atoms with van der Waals surface area (Å²) in [4.78, 5) is 0. The molecule has 0 aliphatic rings. The first-order valence-electron chi connectivity index (χ1n) is 6.08. The van der Waals surface area contributed by atoms with E-state index in [1.165, 1.54) is 12.1 Å². The lowest BCUT2D eigenvalue weighted by Crippen LogP contribution is -2.24. The first kappa shape index (κ1) is 13.6. The highest BCUT2D eigenvalue weighted by Gasteiger charge is 2.27. The summed E-state index contributed by atoms with van der Waals surface area (Å²) in [5, 5.41) is 10.7. The standard InChI is InChI=1S/C16H17FO2/c1-11-4-7-13(17)10-15(11)16(2,18)12-5-8-14(19-3)9-6-12/h4-10,18H,1-3H3. The van der Waals surface area contributed by atoms with Crippen molar-refractivity contribution >= 4 is 0 Å². The van der Waals surface area contributed by atoms with E-state index in [0.717, 1.165) is 11.3 Å². The highest BCUT2D eigenvalue weighted by atomic mass is 19.1. The summed E-state index contributed by atoms with van der Waals surface area (Å²) < 4.78 is 18.5. The Bertz CT molecular complexity index is 574. The normalized spacial score (nSPS) is 13.9. The molecule has 2 aromatic rings. The molecule has 0 aliphatic heterocycles. The molecule has 0 heterocycles. The van der Waals surface area contributed by atoms with E-state index >= 15 is 0 Å². The second-order valence-corrected chi connectivity index (χ2v) is 4.76. The first-order valence-corrected chi connectivity index (χ1v) is 6.08. The number of aryl methyl sites for hydroxylation is 1. The Hall–Kier alpha value is -1.87. The van der Waals surface area contributed by atoms with Crippen LogP contribution in [0.25, 0.3) is 0 Å². The molecule has 0 amide bonds. The van der Waals surface area contributed by atoms with E-state index in [1.54, 1.807) is 44.4 Å². The molecule has 0 aromatic heterocycles. The number of benzene rings is 2. The van der Waals surface area contributed by atoms with Gasteiger partial charge in [-0.05, 0) is 54.8 Å². The van der Waals surface area contributed by atoms with Gasteiger partial charge in [-0.25, -0.2) is 4.39 Å². The van der Waals surface area contributed by atoms with E-state index in [4.69, 9.17) is 4.74 Å². The molecule has 0 bridgehead atoms. The average Bonchev–Trinajstić information content (AvgIpc) is 2.41.